The third kappa shape index (κ3) is 6.50. The van der Waals surface area contributed by atoms with Crippen LogP contribution in [0.25, 0.3) is 0 Å². The first-order valence-corrected chi connectivity index (χ1v) is 10.3. The van der Waals surface area contributed by atoms with Crippen LogP contribution < -0.4 is 4.74 Å². The number of carboxylic acids is 1. The maximum atomic E-state index is 13.2. The second-order valence-electron chi connectivity index (χ2n) is 7.99. The molecule has 1 aliphatic carbocycles. The van der Waals surface area contributed by atoms with E-state index in [0.717, 1.165) is 12.8 Å². The fourth-order valence-corrected chi connectivity index (χ4v) is 4.21. The van der Waals surface area contributed by atoms with Gasteiger partial charge in [-0.05, 0) is 30.9 Å². The Labute approximate surface area is 175 Å². The maximum absolute atomic E-state index is 13.2. The highest BCUT2D eigenvalue weighted by Crippen LogP contribution is 2.41. The summed E-state index contributed by atoms with van der Waals surface area (Å²) in [5.41, 5.74) is 0. The van der Waals surface area contributed by atoms with Crippen molar-refractivity contribution in [3.8, 4) is 5.75 Å². The van der Waals surface area contributed by atoms with Gasteiger partial charge in [-0.1, -0.05) is 18.2 Å². The second-order valence-corrected chi connectivity index (χ2v) is 7.99. The number of rotatable bonds is 9. The minimum Gasteiger partial charge on any atom is -0.490 e. The monoisotopic (exact) mass is 424 g/mol. The molecular weight excluding hydrogens is 395 g/mol. The predicted octanol–water partition coefficient (Wildman–Crippen LogP) is 2.02. The van der Waals surface area contributed by atoms with Crippen molar-refractivity contribution in [1.82, 2.24) is 0 Å². The van der Waals surface area contributed by atoms with Gasteiger partial charge in [-0.2, -0.15) is 0 Å². The Bertz CT molecular complexity index is 725. The first-order chi connectivity index (χ1) is 14.4. The molecule has 1 saturated carbocycles. The second kappa shape index (κ2) is 10.9. The molecule has 0 radical (unpaired) electrons. The van der Waals surface area contributed by atoms with E-state index < -0.39 is 24.0 Å². The maximum Gasteiger partial charge on any atom is 0.329 e. The topological polar surface area (TPSA) is 105 Å². The first kappa shape index (κ1) is 22.7. The van der Waals surface area contributed by atoms with Crippen LogP contribution in [0.2, 0.25) is 0 Å². The van der Waals surface area contributed by atoms with Gasteiger partial charge >= 0.3 is 5.97 Å². The molecule has 6 atom stereocenters. The quantitative estimate of drug-likeness (QED) is 0.521. The van der Waals surface area contributed by atoms with Crippen LogP contribution in [0.15, 0.2) is 36.4 Å². The van der Waals surface area contributed by atoms with Gasteiger partial charge < -0.3 is 29.5 Å². The average Bonchev–Trinajstić information content (AvgIpc) is 2.86. The molecule has 2 aliphatic rings. The fraction of sp³-hybridized carbons (Fsp3) is 0.591. The number of ether oxygens (including phenoxy) is 3. The van der Waals surface area contributed by atoms with Crippen molar-refractivity contribution in [1.29, 1.82) is 0 Å². The van der Waals surface area contributed by atoms with Crippen LogP contribution in [0.3, 0.4) is 0 Å². The summed E-state index contributed by atoms with van der Waals surface area (Å²) in [7, 11) is 0. The molecule has 8 heteroatoms. The van der Waals surface area contributed by atoms with E-state index in [-0.39, 0.29) is 37.1 Å². The lowest BCUT2D eigenvalue weighted by molar-refractivity contribution is -0.143. The predicted molar refractivity (Wildman–Crippen MR) is 106 cm³/mol. The molecule has 30 heavy (non-hydrogen) atoms. The molecule has 0 unspecified atom stereocenters. The molecule has 1 heterocycles. The molecule has 1 aliphatic heterocycles. The number of carboxylic acid groups (broad SMARTS) is 1. The molecule has 0 bridgehead atoms. The van der Waals surface area contributed by atoms with E-state index in [1.165, 1.54) is 18.2 Å². The van der Waals surface area contributed by atoms with Crippen LogP contribution in [-0.4, -0.2) is 66.0 Å². The Morgan fingerprint density at radius 2 is 2.20 bits per heavy atom. The van der Waals surface area contributed by atoms with E-state index >= 15 is 0 Å². The zero-order chi connectivity index (χ0) is 21.5. The van der Waals surface area contributed by atoms with Crippen LogP contribution in [0.1, 0.15) is 19.3 Å². The number of fused-ring (bicyclic) bond motifs is 1. The average molecular weight is 424 g/mol. The van der Waals surface area contributed by atoms with Gasteiger partial charge in [0.2, 0.25) is 0 Å². The van der Waals surface area contributed by atoms with E-state index in [1.807, 2.05) is 6.08 Å². The van der Waals surface area contributed by atoms with Crippen LogP contribution in [-0.2, 0) is 14.3 Å². The minimum absolute atomic E-state index is 0.0175. The van der Waals surface area contributed by atoms with Crippen molar-refractivity contribution in [3.63, 3.8) is 0 Å². The van der Waals surface area contributed by atoms with Crippen molar-refractivity contribution in [2.45, 2.75) is 37.6 Å². The third-order valence-corrected chi connectivity index (χ3v) is 5.70. The fourth-order valence-electron chi connectivity index (χ4n) is 4.21. The number of aliphatic hydroxyl groups excluding tert-OH is 2. The highest BCUT2D eigenvalue weighted by atomic mass is 19.1. The van der Waals surface area contributed by atoms with Crippen molar-refractivity contribution in [2.75, 3.05) is 26.4 Å². The molecule has 1 saturated heterocycles. The minimum atomic E-state index is -0.991. The SMILES string of the molecule is O=C(O)COC[C@H]1CC[C@@H]2[C@@H](C=C[C@@H](O)COc3cccc(F)c3)[C@H](O)C[C@@H]2OC1. The van der Waals surface area contributed by atoms with Crippen LogP contribution >= 0.6 is 0 Å². The van der Waals surface area contributed by atoms with Crippen LogP contribution in [0, 0.1) is 23.6 Å². The summed E-state index contributed by atoms with van der Waals surface area (Å²) in [4.78, 5) is 10.6. The van der Waals surface area contributed by atoms with Gasteiger partial charge in [0.25, 0.3) is 0 Å². The lowest BCUT2D eigenvalue weighted by atomic mass is 9.87. The van der Waals surface area contributed by atoms with E-state index in [4.69, 9.17) is 19.3 Å². The Kier molecular flexibility index (Phi) is 8.21. The Balaban J connectivity index is 1.49. The van der Waals surface area contributed by atoms with Crippen molar-refractivity contribution in [3.05, 3.63) is 42.2 Å². The zero-order valence-corrected chi connectivity index (χ0v) is 16.7. The van der Waals surface area contributed by atoms with E-state index in [0.29, 0.717) is 25.4 Å². The number of hydrogen-bond donors (Lipinski definition) is 3. The van der Waals surface area contributed by atoms with Gasteiger partial charge in [-0.25, -0.2) is 9.18 Å². The molecule has 0 amide bonds. The Morgan fingerprint density at radius 3 is 2.97 bits per heavy atom. The Hall–Kier alpha value is -2.00. The number of benzene rings is 1. The smallest absolute Gasteiger partial charge is 0.329 e. The number of carbonyl (C=O) groups is 1. The standard InChI is InChI=1S/C22H29FO7/c23-15-2-1-3-17(8-15)29-12-16(24)5-7-18-19-6-4-14(10-28-13-22(26)27)11-30-21(19)9-20(18)25/h1-3,5,7-8,14,16,18-21,24-25H,4,6,9-13H2,(H,26,27)/t14-,16-,18-,19-,20-,21+/m1/s1. The highest BCUT2D eigenvalue weighted by Gasteiger charge is 2.43. The summed E-state index contributed by atoms with van der Waals surface area (Å²) in [6, 6.07) is 5.72. The molecule has 1 aromatic rings. The van der Waals surface area contributed by atoms with Gasteiger partial charge in [0.1, 0.15) is 30.9 Å². The van der Waals surface area contributed by atoms with Gasteiger partial charge in [-0.3, -0.25) is 0 Å². The van der Waals surface area contributed by atoms with Gasteiger partial charge in [0.05, 0.1) is 25.4 Å². The van der Waals surface area contributed by atoms with Gasteiger partial charge in [0.15, 0.2) is 0 Å². The molecule has 3 rings (SSSR count). The number of hydrogen-bond acceptors (Lipinski definition) is 6. The molecular formula is C22H29FO7. The number of halogens is 1. The van der Waals surface area contributed by atoms with Gasteiger partial charge in [-0.15, -0.1) is 0 Å². The van der Waals surface area contributed by atoms with E-state index in [2.05, 4.69) is 0 Å². The number of aliphatic carboxylic acids is 1. The summed E-state index contributed by atoms with van der Waals surface area (Å²) in [6.07, 6.45) is 4.10. The molecule has 0 spiro atoms. The highest BCUT2D eigenvalue weighted by molar-refractivity contribution is 5.67. The summed E-state index contributed by atoms with van der Waals surface area (Å²) >= 11 is 0. The van der Waals surface area contributed by atoms with E-state index in [9.17, 15) is 19.4 Å². The zero-order valence-electron chi connectivity index (χ0n) is 16.7. The van der Waals surface area contributed by atoms with Crippen molar-refractivity contribution >= 4 is 5.97 Å². The molecule has 2 fully saturated rings. The van der Waals surface area contributed by atoms with Crippen LogP contribution in [0.4, 0.5) is 4.39 Å². The third-order valence-electron chi connectivity index (χ3n) is 5.70. The van der Waals surface area contributed by atoms with E-state index in [1.54, 1.807) is 12.1 Å². The number of aliphatic hydroxyl groups is 2. The summed E-state index contributed by atoms with van der Waals surface area (Å²) in [5, 5.41) is 29.3. The Morgan fingerprint density at radius 1 is 1.37 bits per heavy atom. The molecule has 3 N–H and O–H groups in total. The normalized spacial score (nSPS) is 30.0. The lowest BCUT2D eigenvalue weighted by Gasteiger charge is -2.21. The summed E-state index contributed by atoms with van der Waals surface area (Å²) in [6.45, 7) is 0.484. The summed E-state index contributed by atoms with van der Waals surface area (Å²) in [5.74, 6) is -0.944. The summed E-state index contributed by atoms with van der Waals surface area (Å²) < 4.78 is 29.8. The van der Waals surface area contributed by atoms with Crippen LogP contribution in [0.5, 0.6) is 5.75 Å². The molecule has 0 aromatic heterocycles. The van der Waals surface area contributed by atoms with Crippen molar-refractivity contribution in [2.24, 2.45) is 17.8 Å². The van der Waals surface area contributed by atoms with Crippen molar-refractivity contribution < 1.29 is 38.7 Å². The molecule has 166 valence electrons. The first-order valence-electron chi connectivity index (χ1n) is 10.3. The van der Waals surface area contributed by atoms with Gasteiger partial charge in [0, 0.05) is 24.3 Å². The molecule has 7 nitrogen and oxygen atoms in total. The largest absolute Gasteiger partial charge is 0.490 e. The molecule has 1 aromatic carbocycles. The lowest BCUT2D eigenvalue weighted by Crippen LogP contribution is -2.22.